The van der Waals surface area contributed by atoms with Crippen LogP contribution >= 0.6 is 0 Å². The van der Waals surface area contributed by atoms with E-state index in [0.29, 0.717) is 22.6 Å². The third-order valence-electron chi connectivity index (χ3n) is 6.21. The number of carbonyl (C=O) groups is 1. The fourth-order valence-electron chi connectivity index (χ4n) is 3.97. The van der Waals surface area contributed by atoms with Crippen molar-refractivity contribution in [3.05, 3.63) is 40.8 Å². The number of rotatable bonds is 9. The molecule has 0 spiro atoms. The molecule has 1 aliphatic heterocycles. The van der Waals surface area contributed by atoms with Gasteiger partial charge in [0.2, 0.25) is 5.88 Å². The Kier molecular flexibility index (Phi) is 8.81. The van der Waals surface area contributed by atoms with Crippen LogP contribution < -0.4 is 9.47 Å². The van der Waals surface area contributed by atoms with Crippen molar-refractivity contribution in [3.63, 3.8) is 0 Å². The first-order valence-corrected chi connectivity index (χ1v) is 12.0. The highest BCUT2D eigenvalue weighted by molar-refractivity contribution is 5.71. The number of hydrogen-bond acceptors (Lipinski definition) is 10. The minimum absolute atomic E-state index is 0.0104. The second-order valence-electron chi connectivity index (χ2n) is 9.64. The van der Waals surface area contributed by atoms with Crippen molar-refractivity contribution in [1.29, 1.82) is 0 Å². The molecule has 1 aromatic carbocycles. The number of benzene rings is 1. The number of esters is 1. The Hall–Kier alpha value is -2.77. The Balaban J connectivity index is 1.94. The van der Waals surface area contributed by atoms with E-state index in [-0.39, 0.29) is 18.3 Å². The van der Waals surface area contributed by atoms with E-state index in [2.05, 4.69) is 5.10 Å². The molecule has 1 aromatic heterocycles. The lowest BCUT2D eigenvalue weighted by Crippen LogP contribution is -2.67. The molecule has 4 N–H and O–H groups in total. The van der Waals surface area contributed by atoms with E-state index in [9.17, 15) is 29.6 Å². The summed E-state index contributed by atoms with van der Waals surface area (Å²) in [5.41, 5.74) is 1.30. The highest BCUT2D eigenvalue weighted by Crippen LogP contribution is 2.35. The van der Waals surface area contributed by atoms with Crippen LogP contribution in [0, 0.1) is 18.7 Å². The molecule has 2 heterocycles. The normalized spacial score (nSPS) is 26.0. The first-order chi connectivity index (χ1) is 17.3. The van der Waals surface area contributed by atoms with Gasteiger partial charge in [0.25, 0.3) is 0 Å². The Bertz CT molecular complexity index is 1110. The first-order valence-electron chi connectivity index (χ1n) is 12.0. The van der Waals surface area contributed by atoms with E-state index >= 15 is 0 Å². The summed E-state index contributed by atoms with van der Waals surface area (Å²) >= 11 is 0. The van der Waals surface area contributed by atoms with Crippen LogP contribution in [-0.2, 0) is 20.7 Å². The van der Waals surface area contributed by atoms with Crippen LogP contribution in [-0.4, -0.2) is 80.3 Å². The van der Waals surface area contributed by atoms with Crippen molar-refractivity contribution in [2.75, 3.05) is 13.7 Å². The summed E-state index contributed by atoms with van der Waals surface area (Å²) in [5.74, 6) is -4.28. The maximum atomic E-state index is 14.7. The molecule has 1 aliphatic rings. The maximum absolute atomic E-state index is 14.7. The van der Waals surface area contributed by atoms with Gasteiger partial charge in [-0.3, -0.25) is 9.48 Å². The van der Waals surface area contributed by atoms with Crippen molar-refractivity contribution < 1.29 is 48.6 Å². The molecule has 0 amide bonds. The molecular weight excluding hydrogens is 491 g/mol. The van der Waals surface area contributed by atoms with Crippen molar-refractivity contribution in [2.24, 2.45) is 5.92 Å². The highest BCUT2D eigenvalue weighted by atomic mass is 19.1. The van der Waals surface area contributed by atoms with Crippen LogP contribution in [0.5, 0.6) is 11.6 Å². The Morgan fingerprint density at radius 1 is 1.22 bits per heavy atom. The molecule has 0 unspecified atom stereocenters. The first kappa shape index (κ1) is 28.8. The largest absolute Gasteiger partial charge is 0.497 e. The number of ether oxygens (including phenoxy) is 4. The predicted octanol–water partition coefficient (Wildman–Crippen LogP) is 1.22. The van der Waals surface area contributed by atoms with E-state index in [1.54, 1.807) is 37.6 Å². The van der Waals surface area contributed by atoms with Crippen LogP contribution in [0.15, 0.2) is 18.2 Å². The summed E-state index contributed by atoms with van der Waals surface area (Å²) in [6.45, 7) is 8.17. The lowest BCUT2D eigenvalue weighted by molar-refractivity contribution is -0.423. The summed E-state index contributed by atoms with van der Waals surface area (Å²) < 4.78 is 37.5. The van der Waals surface area contributed by atoms with Gasteiger partial charge < -0.3 is 39.4 Å². The van der Waals surface area contributed by atoms with Crippen LogP contribution in [0.25, 0.3) is 0 Å². The number of aliphatic hydroxyl groups excluding tert-OH is 3. The van der Waals surface area contributed by atoms with Crippen molar-refractivity contribution in [1.82, 2.24) is 9.78 Å². The third-order valence-corrected chi connectivity index (χ3v) is 6.21. The predicted molar refractivity (Wildman–Crippen MR) is 127 cm³/mol. The van der Waals surface area contributed by atoms with Gasteiger partial charge in [0.15, 0.2) is 6.10 Å². The second kappa shape index (κ2) is 11.3. The zero-order valence-corrected chi connectivity index (χ0v) is 21.7. The van der Waals surface area contributed by atoms with E-state index in [4.69, 9.17) is 18.9 Å². The van der Waals surface area contributed by atoms with Gasteiger partial charge in [0.1, 0.15) is 36.5 Å². The number of carbonyl (C=O) groups excluding carboxylic acids is 1. The summed E-state index contributed by atoms with van der Waals surface area (Å²) in [6, 6.07) is 4.24. The number of nitrogens with zero attached hydrogens (tertiary/aromatic N) is 2. The summed E-state index contributed by atoms with van der Waals surface area (Å²) in [6.07, 6.45) is -7.13. The summed E-state index contributed by atoms with van der Waals surface area (Å²) in [5, 5.41) is 46.8. The van der Waals surface area contributed by atoms with Crippen LogP contribution in [0.3, 0.4) is 0 Å². The molecule has 0 saturated carbocycles. The molecule has 1 saturated heterocycles. The van der Waals surface area contributed by atoms with E-state index in [1.807, 2.05) is 13.8 Å². The number of halogens is 1. The molecule has 11 nitrogen and oxygen atoms in total. The highest BCUT2D eigenvalue weighted by Gasteiger charge is 2.56. The second-order valence-corrected chi connectivity index (χ2v) is 9.64. The van der Waals surface area contributed by atoms with Crippen molar-refractivity contribution >= 4 is 5.97 Å². The topological polar surface area (TPSA) is 153 Å². The van der Waals surface area contributed by atoms with Gasteiger partial charge in [0.05, 0.1) is 13.0 Å². The van der Waals surface area contributed by atoms with Gasteiger partial charge in [-0.2, -0.15) is 0 Å². The number of methoxy groups -OCH3 is 1. The molecule has 5 atom stereocenters. The average Bonchev–Trinajstić information content (AvgIpc) is 3.14. The van der Waals surface area contributed by atoms with E-state index in [1.165, 1.54) is 13.2 Å². The number of aliphatic hydroxyl groups is 4. The zero-order valence-electron chi connectivity index (χ0n) is 21.7. The lowest BCUT2D eigenvalue weighted by atomic mass is 9.97. The number of aromatic nitrogens is 2. The average molecular weight is 527 g/mol. The maximum Gasteiger partial charge on any atom is 0.356 e. The quantitative estimate of drug-likeness (QED) is 0.277. The van der Waals surface area contributed by atoms with E-state index in [0.717, 1.165) is 0 Å². The van der Waals surface area contributed by atoms with Gasteiger partial charge in [0, 0.05) is 29.8 Å². The van der Waals surface area contributed by atoms with Gasteiger partial charge in [-0.25, -0.2) is 4.39 Å². The molecule has 206 valence electrons. The molecule has 12 heteroatoms. The summed E-state index contributed by atoms with van der Waals surface area (Å²) in [4.78, 5) is 11.9. The monoisotopic (exact) mass is 526 g/mol. The fourth-order valence-corrected chi connectivity index (χ4v) is 3.97. The fraction of sp³-hybridized carbons (Fsp3) is 0.600. The Morgan fingerprint density at radius 2 is 1.89 bits per heavy atom. The van der Waals surface area contributed by atoms with Gasteiger partial charge in [-0.05, 0) is 32.4 Å². The van der Waals surface area contributed by atoms with E-state index < -0.39 is 54.7 Å². The van der Waals surface area contributed by atoms with Crippen LogP contribution in [0.2, 0.25) is 0 Å². The zero-order chi connectivity index (χ0) is 27.7. The molecule has 0 aliphatic carbocycles. The van der Waals surface area contributed by atoms with Crippen molar-refractivity contribution in [3.8, 4) is 11.6 Å². The van der Waals surface area contributed by atoms with Gasteiger partial charge in [-0.1, -0.05) is 19.9 Å². The van der Waals surface area contributed by atoms with Gasteiger partial charge in [-0.15, -0.1) is 5.10 Å². The molecule has 37 heavy (non-hydrogen) atoms. The standard InChI is InChI=1S/C25H35FN2O9/c1-12(2)24(32)35-11-19-20(29)21(30)22(31)25(33,36-19)37-23-17(14(5)28(27-23)13(3)4)9-15-7-8-16(34-6)10-18(15)26/h7-8,10,12-13,19-22,29-31,33H,9,11H2,1-6H3/t19-,20-,21+,22-,25-/m1/s1. The smallest absolute Gasteiger partial charge is 0.356 e. The van der Waals surface area contributed by atoms with Crippen LogP contribution in [0.4, 0.5) is 4.39 Å². The molecule has 0 bridgehead atoms. The van der Waals surface area contributed by atoms with Crippen LogP contribution in [0.1, 0.15) is 50.6 Å². The molecule has 3 rings (SSSR count). The molecular formula is C25H35FN2O9. The third kappa shape index (κ3) is 6.04. The lowest BCUT2D eigenvalue weighted by Gasteiger charge is -2.44. The Morgan fingerprint density at radius 3 is 2.46 bits per heavy atom. The molecule has 1 fully saturated rings. The molecule has 0 radical (unpaired) electrons. The number of hydrogen-bond donors (Lipinski definition) is 4. The summed E-state index contributed by atoms with van der Waals surface area (Å²) in [7, 11) is 1.43. The van der Waals surface area contributed by atoms with Gasteiger partial charge >= 0.3 is 11.9 Å². The SMILES string of the molecule is COc1ccc(Cc2c(O[C@]3(O)O[C@H](COC(=O)C(C)C)[C@@H](O)[C@H](O)[C@H]3O)nn(C(C)C)c2C)c(F)c1. The minimum atomic E-state index is -2.87. The molecule has 2 aromatic rings. The van der Waals surface area contributed by atoms with Crippen molar-refractivity contribution in [2.45, 2.75) is 77.5 Å². The minimum Gasteiger partial charge on any atom is -0.497 e. The Labute approximate surface area is 214 Å².